The molecule has 106 valence electrons. The van der Waals surface area contributed by atoms with Crippen molar-refractivity contribution in [2.24, 2.45) is 0 Å². The van der Waals surface area contributed by atoms with Gasteiger partial charge in [-0.2, -0.15) is 11.3 Å². The monoisotopic (exact) mass is 306 g/mol. The van der Waals surface area contributed by atoms with Crippen molar-refractivity contribution in [3.63, 3.8) is 0 Å². The van der Waals surface area contributed by atoms with Crippen LogP contribution in [0.3, 0.4) is 0 Å². The lowest BCUT2D eigenvalue weighted by molar-refractivity contribution is 0.0951. The summed E-state index contributed by atoms with van der Waals surface area (Å²) in [6, 6.07) is 1.84. The number of aromatic nitrogens is 1. The maximum atomic E-state index is 11.9. The van der Waals surface area contributed by atoms with Gasteiger partial charge >= 0.3 is 0 Å². The van der Waals surface area contributed by atoms with Crippen LogP contribution in [0.15, 0.2) is 22.2 Å². The first-order valence-electron chi connectivity index (χ1n) is 7.07. The Balaban J connectivity index is 1.56. The molecule has 0 bridgehead atoms. The van der Waals surface area contributed by atoms with E-state index < -0.39 is 0 Å². The number of hydrogen-bond acceptors (Lipinski definition) is 4. The van der Waals surface area contributed by atoms with Crippen LogP contribution >= 0.6 is 22.7 Å². The maximum absolute atomic E-state index is 11.9. The molecule has 20 heavy (non-hydrogen) atoms. The molecule has 0 aromatic carbocycles. The number of rotatable bonds is 4. The smallest absolute Gasteiger partial charge is 0.252 e. The lowest BCUT2D eigenvalue weighted by Crippen LogP contribution is -2.22. The Morgan fingerprint density at radius 2 is 2.15 bits per heavy atom. The summed E-state index contributed by atoms with van der Waals surface area (Å²) in [7, 11) is 0. The summed E-state index contributed by atoms with van der Waals surface area (Å²) in [5.41, 5.74) is 1.97. The zero-order valence-electron chi connectivity index (χ0n) is 11.3. The van der Waals surface area contributed by atoms with Crippen molar-refractivity contribution >= 4 is 28.6 Å². The first kappa shape index (κ1) is 13.8. The van der Waals surface area contributed by atoms with Crippen molar-refractivity contribution in [1.82, 2.24) is 10.3 Å². The molecule has 5 heteroatoms. The number of amides is 1. The van der Waals surface area contributed by atoms with Crippen molar-refractivity contribution in [2.75, 3.05) is 0 Å². The standard InChI is InChI=1S/C15H18N2OS2/c18-15(12-6-7-19-9-12)16-8-14-17-13(10-20-14)11-4-2-1-3-5-11/h6-7,9-11H,1-5,8H2,(H,16,18). The molecule has 3 rings (SSSR count). The second kappa shape index (κ2) is 6.50. The van der Waals surface area contributed by atoms with Crippen LogP contribution in [-0.2, 0) is 6.54 Å². The van der Waals surface area contributed by atoms with Crippen molar-refractivity contribution in [1.29, 1.82) is 0 Å². The minimum Gasteiger partial charge on any atom is -0.345 e. The number of carbonyl (C=O) groups excluding carboxylic acids is 1. The lowest BCUT2D eigenvalue weighted by Gasteiger charge is -2.19. The SMILES string of the molecule is O=C(NCc1nc(C2CCCCC2)cs1)c1ccsc1. The third-order valence-electron chi connectivity index (χ3n) is 3.78. The van der Waals surface area contributed by atoms with E-state index in [1.165, 1.54) is 49.1 Å². The largest absolute Gasteiger partial charge is 0.345 e. The third-order valence-corrected chi connectivity index (χ3v) is 5.33. The van der Waals surface area contributed by atoms with Crippen LogP contribution in [0, 0.1) is 0 Å². The summed E-state index contributed by atoms with van der Waals surface area (Å²) in [6.07, 6.45) is 6.55. The predicted molar refractivity (Wildman–Crippen MR) is 83.4 cm³/mol. The van der Waals surface area contributed by atoms with E-state index in [1.54, 1.807) is 11.3 Å². The fraction of sp³-hybridized carbons (Fsp3) is 0.467. The van der Waals surface area contributed by atoms with Crippen molar-refractivity contribution in [2.45, 2.75) is 44.6 Å². The molecule has 2 aromatic rings. The van der Waals surface area contributed by atoms with E-state index >= 15 is 0 Å². The molecular weight excluding hydrogens is 288 g/mol. The number of carbonyl (C=O) groups is 1. The number of nitrogens with one attached hydrogen (secondary N) is 1. The molecule has 0 radical (unpaired) electrons. The van der Waals surface area contributed by atoms with E-state index in [9.17, 15) is 4.79 Å². The molecule has 0 aliphatic heterocycles. The molecular formula is C15H18N2OS2. The number of nitrogens with zero attached hydrogens (tertiary/aromatic N) is 1. The molecule has 0 spiro atoms. The normalized spacial score (nSPS) is 16.2. The van der Waals surface area contributed by atoms with Crippen LogP contribution in [0.5, 0.6) is 0 Å². The van der Waals surface area contributed by atoms with E-state index in [2.05, 4.69) is 10.7 Å². The average molecular weight is 306 g/mol. The molecule has 1 fully saturated rings. The number of hydrogen-bond donors (Lipinski definition) is 1. The summed E-state index contributed by atoms with van der Waals surface area (Å²) in [5, 5.41) is 9.89. The molecule has 2 aromatic heterocycles. The van der Waals surface area contributed by atoms with Gasteiger partial charge in [0.15, 0.2) is 0 Å². The van der Waals surface area contributed by atoms with Gasteiger partial charge in [-0.25, -0.2) is 4.98 Å². The third kappa shape index (κ3) is 3.27. The Bertz CT molecular complexity index is 556. The highest BCUT2D eigenvalue weighted by molar-refractivity contribution is 7.09. The summed E-state index contributed by atoms with van der Waals surface area (Å²) >= 11 is 3.20. The van der Waals surface area contributed by atoms with Crippen molar-refractivity contribution < 1.29 is 4.79 Å². The Morgan fingerprint density at radius 3 is 2.90 bits per heavy atom. The van der Waals surface area contributed by atoms with Crippen LogP contribution in [0.2, 0.25) is 0 Å². The molecule has 1 N–H and O–H groups in total. The Labute approximate surface area is 127 Å². The molecule has 0 atom stereocenters. The van der Waals surface area contributed by atoms with Crippen LogP contribution in [-0.4, -0.2) is 10.9 Å². The Kier molecular flexibility index (Phi) is 4.47. The fourth-order valence-corrected chi connectivity index (χ4v) is 4.10. The van der Waals surface area contributed by atoms with Gasteiger partial charge in [-0.3, -0.25) is 4.79 Å². The van der Waals surface area contributed by atoms with Crippen LogP contribution in [0.25, 0.3) is 0 Å². The Hall–Kier alpha value is -1.20. The van der Waals surface area contributed by atoms with Crippen LogP contribution in [0.4, 0.5) is 0 Å². The molecule has 1 aliphatic rings. The minimum absolute atomic E-state index is 0.0133. The topological polar surface area (TPSA) is 42.0 Å². The molecule has 0 saturated heterocycles. The van der Waals surface area contributed by atoms with E-state index in [1.807, 2.05) is 16.8 Å². The highest BCUT2D eigenvalue weighted by atomic mass is 32.1. The average Bonchev–Trinajstić information content (AvgIpc) is 3.17. The molecule has 2 heterocycles. The first-order valence-corrected chi connectivity index (χ1v) is 8.90. The molecule has 0 unspecified atom stereocenters. The zero-order valence-corrected chi connectivity index (χ0v) is 12.9. The summed E-state index contributed by atoms with van der Waals surface area (Å²) < 4.78 is 0. The van der Waals surface area contributed by atoms with Gasteiger partial charge in [0, 0.05) is 22.2 Å². The highest BCUT2D eigenvalue weighted by Crippen LogP contribution is 2.32. The predicted octanol–water partition coefficient (Wildman–Crippen LogP) is 4.18. The number of thiophene rings is 1. The molecule has 1 amide bonds. The van der Waals surface area contributed by atoms with Crippen molar-refractivity contribution in [3.8, 4) is 0 Å². The lowest BCUT2D eigenvalue weighted by atomic mass is 9.87. The van der Waals surface area contributed by atoms with Crippen LogP contribution in [0.1, 0.15) is 59.1 Å². The zero-order chi connectivity index (χ0) is 13.8. The Morgan fingerprint density at radius 1 is 1.30 bits per heavy atom. The molecule has 3 nitrogen and oxygen atoms in total. The van der Waals surface area contributed by atoms with Crippen molar-refractivity contribution in [3.05, 3.63) is 38.5 Å². The van der Waals surface area contributed by atoms with Gasteiger partial charge in [0.25, 0.3) is 5.91 Å². The second-order valence-corrected chi connectivity index (χ2v) is 6.92. The van der Waals surface area contributed by atoms with E-state index in [0.717, 1.165) is 10.6 Å². The minimum atomic E-state index is -0.0133. The number of thiazole rings is 1. The van der Waals surface area contributed by atoms with Gasteiger partial charge in [-0.1, -0.05) is 19.3 Å². The van der Waals surface area contributed by atoms with Gasteiger partial charge in [0.05, 0.1) is 12.2 Å². The second-order valence-electron chi connectivity index (χ2n) is 5.20. The van der Waals surface area contributed by atoms with E-state index in [-0.39, 0.29) is 5.91 Å². The first-order chi connectivity index (χ1) is 9.83. The summed E-state index contributed by atoms with van der Waals surface area (Å²) in [5.74, 6) is 0.627. The molecule has 1 saturated carbocycles. The maximum Gasteiger partial charge on any atom is 0.252 e. The van der Waals surface area contributed by atoms with Gasteiger partial charge in [-0.05, 0) is 24.3 Å². The fourth-order valence-electron chi connectivity index (χ4n) is 2.64. The van der Waals surface area contributed by atoms with Gasteiger partial charge in [0.1, 0.15) is 5.01 Å². The quantitative estimate of drug-likeness (QED) is 0.920. The summed E-state index contributed by atoms with van der Waals surface area (Å²) in [4.78, 5) is 16.6. The van der Waals surface area contributed by atoms with Gasteiger partial charge in [-0.15, -0.1) is 11.3 Å². The van der Waals surface area contributed by atoms with E-state index in [4.69, 9.17) is 4.98 Å². The molecule has 1 aliphatic carbocycles. The van der Waals surface area contributed by atoms with Gasteiger partial charge < -0.3 is 5.32 Å². The van der Waals surface area contributed by atoms with Gasteiger partial charge in [0.2, 0.25) is 0 Å². The van der Waals surface area contributed by atoms with E-state index in [0.29, 0.717) is 12.5 Å². The van der Waals surface area contributed by atoms with Crippen LogP contribution < -0.4 is 5.32 Å². The highest BCUT2D eigenvalue weighted by Gasteiger charge is 2.18. The summed E-state index contributed by atoms with van der Waals surface area (Å²) in [6.45, 7) is 0.534.